The Morgan fingerprint density at radius 2 is 1.10 bits per heavy atom. The van der Waals surface area contributed by atoms with Crippen molar-refractivity contribution in [1.82, 2.24) is 0 Å². The van der Waals surface area contributed by atoms with Gasteiger partial charge in [0, 0.05) is 26.1 Å². The summed E-state index contributed by atoms with van der Waals surface area (Å²) in [5, 5.41) is 0. The molecule has 0 aliphatic heterocycles. The summed E-state index contributed by atoms with van der Waals surface area (Å²) in [6.07, 6.45) is 1.39. The molecule has 0 N–H and O–H groups in total. The summed E-state index contributed by atoms with van der Waals surface area (Å²) in [4.78, 5) is 11.7. The topological polar surface area (TPSA) is 54.0 Å². The lowest BCUT2D eigenvalue weighted by atomic mass is 10.2. The zero-order chi connectivity index (χ0) is 21.4. The van der Waals surface area contributed by atoms with E-state index in [1.807, 2.05) is 60.7 Å². The maximum Gasteiger partial charge on any atom is 0.511 e. The molecule has 0 aromatic heterocycles. The molecule has 2 atom stereocenters. The second kappa shape index (κ2) is 15.1. The monoisotopic (exact) mass is 454 g/mol. The fraction of sp³-hybridized carbons (Fsp3) is 0.435. The highest BCUT2D eigenvalue weighted by Gasteiger charge is 2.16. The standard InChI is InChI=1S/C23H28Cl2O5/c24-21(13-7-15-27-17-19-9-3-1-4-10-19)29-23(26)30-22(25)14-8-16-28-18-20-11-5-2-6-12-20/h1-6,9-12,21-22H,7-8,13-18H2. The number of rotatable bonds is 14. The van der Waals surface area contributed by atoms with Gasteiger partial charge in [-0.05, 0) is 24.0 Å². The number of carbonyl (C=O) groups is 1. The number of hydrogen-bond acceptors (Lipinski definition) is 5. The van der Waals surface area contributed by atoms with Crippen LogP contribution < -0.4 is 0 Å². The predicted molar refractivity (Wildman–Crippen MR) is 118 cm³/mol. The van der Waals surface area contributed by atoms with Gasteiger partial charge in [0.2, 0.25) is 0 Å². The Labute approximate surface area is 188 Å². The summed E-state index contributed by atoms with van der Waals surface area (Å²) >= 11 is 12.0. The molecule has 7 heteroatoms. The minimum Gasteiger partial charge on any atom is -0.415 e. The lowest BCUT2D eigenvalue weighted by molar-refractivity contribution is 0.0271. The molecular formula is C23H28Cl2O5. The normalized spacial score (nSPS) is 12.9. The quantitative estimate of drug-likeness (QED) is 0.191. The van der Waals surface area contributed by atoms with E-state index in [4.69, 9.17) is 42.1 Å². The van der Waals surface area contributed by atoms with Crippen LogP contribution in [0.1, 0.15) is 36.8 Å². The SMILES string of the molecule is O=C(OC(Cl)CCCOCc1ccccc1)OC(Cl)CCCOCc1ccccc1. The van der Waals surface area contributed by atoms with E-state index in [9.17, 15) is 4.79 Å². The van der Waals surface area contributed by atoms with E-state index in [0.717, 1.165) is 11.1 Å². The van der Waals surface area contributed by atoms with E-state index >= 15 is 0 Å². The lowest BCUT2D eigenvalue weighted by Crippen LogP contribution is -2.19. The minimum atomic E-state index is -0.870. The molecule has 0 amide bonds. The molecule has 2 aromatic rings. The van der Waals surface area contributed by atoms with Crippen LogP contribution in [0.2, 0.25) is 0 Å². The number of halogens is 2. The van der Waals surface area contributed by atoms with Crippen molar-refractivity contribution < 1.29 is 23.7 Å². The van der Waals surface area contributed by atoms with Crippen molar-refractivity contribution in [2.45, 2.75) is 50.0 Å². The van der Waals surface area contributed by atoms with Gasteiger partial charge in [-0.1, -0.05) is 83.9 Å². The zero-order valence-electron chi connectivity index (χ0n) is 16.9. The second-order valence-corrected chi connectivity index (χ2v) is 7.64. The first kappa shape index (κ1) is 24.5. The van der Waals surface area contributed by atoms with Gasteiger partial charge < -0.3 is 18.9 Å². The highest BCUT2D eigenvalue weighted by molar-refractivity contribution is 6.20. The molecule has 0 bridgehead atoms. The van der Waals surface area contributed by atoms with Crippen LogP contribution in [0.3, 0.4) is 0 Å². The summed E-state index contributed by atoms with van der Waals surface area (Å²) in [5.41, 5.74) is 0.656. The smallest absolute Gasteiger partial charge is 0.415 e. The summed E-state index contributed by atoms with van der Waals surface area (Å²) in [5.74, 6) is 0. The van der Waals surface area contributed by atoms with Crippen LogP contribution in [0.5, 0.6) is 0 Å². The maximum absolute atomic E-state index is 11.7. The van der Waals surface area contributed by atoms with E-state index in [1.165, 1.54) is 0 Å². The van der Waals surface area contributed by atoms with Crippen LogP contribution in [-0.2, 0) is 32.2 Å². The second-order valence-electron chi connectivity index (χ2n) is 6.67. The molecule has 0 fully saturated rings. The first-order chi connectivity index (χ1) is 14.6. The van der Waals surface area contributed by atoms with Gasteiger partial charge in [-0.15, -0.1) is 0 Å². The third-order valence-electron chi connectivity index (χ3n) is 4.11. The molecule has 5 nitrogen and oxygen atoms in total. The van der Waals surface area contributed by atoms with E-state index in [-0.39, 0.29) is 0 Å². The first-order valence-electron chi connectivity index (χ1n) is 10.0. The number of carbonyl (C=O) groups excluding carboxylic acids is 1. The molecule has 0 saturated carbocycles. The third-order valence-corrected chi connectivity index (χ3v) is 4.73. The van der Waals surface area contributed by atoms with Gasteiger partial charge in [0.1, 0.15) is 0 Å². The molecule has 0 saturated heterocycles. The minimum absolute atomic E-state index is 0.464. The van der Waals surface area contributed by atoms with Crippen molar-refractivity contribution >= 4 is 29.4 Å². The van der Waals surface area contributed by atoms with Gasteiger partial charge in [-0.25, -0.2) is 4.79 Å². The van der Waals surface area contributed by atoms with Crippen LogP contribution >= 0.6 is 23.2 Å². The average molecular weight is 455 g/mol. The largest absolute Gasteiger partial charge is 0.511 e. The molecule has 0 radical (unpaired) electrons. The Balaban J connectivity index is 1.45. The van der Waals surface area contributed by atoms with E-state index in [0.29, 0.717) is 52.1 Å². The van der Waals surface area contributed by atoms with E-state index in [1.54, 1.807) is 0 Å². The Hall–Kier alpha value is -1.79. The predicted octanol–water partition coefficient (Wildman–Crippen LogP) is 6.26. The molecule has 0 aliphatic carbocycles. The van der Waals surface area contributed by atoms with E-state index in [2.05, 4.69) is 0 Å². The van der Waals surface area contributed by atoms with Crippen molar-refractivity contribution in [3.8, 4) is 0 Å². The molecular weight excluding hydrogens is 427 g/mol. The molecule has 164 valence electrons. The summed E-state index contributed by atoms with van der Waals surface area (Å²) in [6, 6.07) is 19.8. The Morgan fingerprint density at radius 3 is 1.50 bits per heavy atom. The molecule has 2 rings (SSSR count). The molecule has 0 spiro atoms. The lowest BCUT2D eigenvalue weighted by Gasteiger charge is -2.14. The van der Waals surface area contributed by atoms with Crippen LogP contribution in [-0.4, -0.2) is 30.5 Å². The number of ether oxygens (including phenoxy) is 4. The Morgan fingerprint density at radius 1 is 0.700 bits per heavy atom. The Kier molecular flexibility index (Phi) is 12.3. The van der Waals surface area contributed by atoms with Crippen molar-refractivity contribution in [2.75, 3.05) is 13.2 Å². The third kappa shape index (κ3) is 11.4. The van der Waals surface area contributed by atoms with Crippen LogP contribution in [0, 0.1) is 0 Å². The number of benzene rings is 2. The van der Waals surface area contributed by atoms with Crippen molar-refractivity contribution in [3.05, 3.63) is 71.8 Å². The first-order valence-corrected chi connectivity index (χ1v) is 10.9. The van der Waals surface area contributed by atoms with Gasteiger partial charge in [-0.3, -0.25) is 0 Å². The summed E-state index contributed by atoms with van der Waals surface area (Å²) in [7, 11) is 0. The zero-order valence-corrected chi connectivity index (χ0v) is 18.4. The van der Waals surface area contributed by atoms with Crippen LogP contribution in [0.4, 0.5) is 4.79 Å². The van der Waals surface area contributed by atoms with E-state index < -0.39 is 17.3 Å². The summed E-state index contributed by atoms with van der Waals surface area (Å²) < 4.78 is 21.1. The number of hydrogen-bond donors (Lipinski definition) is 0. The summed E-state index contributed by atoms with van der Waals surface area (Å²) in [6.45, 7) is 2.13. The fourth-order valence-corrected chi connectivity index (χ4v) is 3.03. The molecule has 2 aromatic carbocycles. The average Bonchev–Trinajstić information content (AvgIpc) is 2.74. The fourth-order valence-electron chi connectivity index (χ4n) is 2.57. The van der Waals surface area contributed by atoms with Crippen molar-refractivity contribution in [1.29, 1.82) is 0 Å². The van der Waals surface area contributed by atoms with Gasteiger partial charge in [0.15, 0.2) is 11.1 Å². The highest BCUT2D eigenvalue weighted by Crippen LogP contribution is 2.14. The van der Waals surface area contributed by atoms with Gasteiger partial charge in [0.25, 0.3) is 0 Å². The molecule has 30 heavy (non-hydrogen) atoms. The van der Waals surface area contributed by atoms with Gasteiger partial charge in [0.05, 0.1) is 13.2 Å². The maximum atomic E-state index is 11.7. The highest BCUT2D eigenvalue weighted by atomic mass is 35.5. The molecule has 0 heterocycles. The van der Waals surface area contributed by atoms with Gasteiger partial charge >= 0.3 is 6.16 Å². The van der Waals surface area contributed by atoms with Crippen LogP contribution in [0.25, 0.3) is 0 Å². The van der Waals surface area contributed by atoms with Gasteiger partial charge in [-0.2, -0.15) is 0 Å². The van der Waals surface area contributed by atoms with Crippen LogP contribution in [0.15, 0.2) is 60.7 Å². The molecule has 0 aliphatic rings. The molecule has 2 unspecified atom stereocenters. The van der Waals surface area contributed by atoms with Crippen molar-refractivity contribution in [2.24, 2.45) is 0 Å². The Bertz CT molecular complexity index is 640. The number of alkyl halides is 2. The van der Waals surface area contributed by atoms with Crippen molar-refractivity contribution in [3.63, 3.8) is 0 Å².